The lowest BCUT2D eigenvalue weighted by Crippen LogP contribution is -2.50. The summed E-state index contributed by atoms with van der Waals surface area (Å²) >= 11 is 7.22. The predicted molar refractivity (Wildman–Crippen MR) is 132 cm³/mol. The van der Waals surface area contributed by atoms with Crippen LogP contribution in [0.2, 0.25) is 5.02 Å². The van der Waals surface area contributed by atoms with E-state index in [-0.39, 0.29) is 18.2 Å². The number of aryl methyl sites for hydroxylation is 1. The Hall–Kier alpha value is -3.36. The van der Waals surface area contributed by atoms with Gasteiger partial charge in [-0.05, 0) is 55.0 Å². The van der Waals surface area contributed by atoms with E-state index >= 15 is 0 Å². The topological polar surface area (TPSA) is 69.7 Å². The number of amides is 3. The molecule has 0 radical (unpaired) electrons. The summed E-state index contributed by atoms with van der Waals surface area (Å²) < 4.78 is 13.6. The highest BCUT2D eigenvalue weighted by atomic mass is 35.5. The van der Waals surface area contributed by atoms with Gasteiger partial charge in [-0.1, -0.05) is 35.9 Å². The number of carbonyl (C=O) groups excluding carboxylic acids is 3. The second-order valence-corrected chi connectivity index (χ2v) is 9.66. The molecule has 172 valence electrons. The molecule has 1 fully saturated rings. The van der Waals surface area contributed by atoms with Crippen LogP contribution in [0.3, 0.4) is 0 Å². The van der Waals surface area contributed by atoms with Crippen LogP contribution in [0.5, 0.6) is 0 Å². The van der Waals surface area contributed by atoms with Crippen LogP contribution < -0.4 is 15.1 Å². The molecule has 2 heterocycles. The number of hydrogen-bond donors (Lipinski definition) is 1. The van der Waals surface area contributed by atoms with E-state index in [1.54, 1.807) is 30.3 Å². The van der Waals surface area contributed by atoms with E-state index in [0.29, 0.717) is 27.6 Å². The molecular formula is C25H19ClFN3O3S. The fourth-order valence-electron chi connectivity index (χ4n) is 4.49. The quantitative estimate of drug-likeness (QED) is 0.569. The molecule has 9 heteroatoms. The molecule has 1 spiro atoms. The third-order valence-corrected chi connectivity index (χ3v) is 7.49. The number of halogens is 2. The summed E-state index contributed by atoms with van der Waals surface area (Å²) in [5.41, 5.74) is 2.97. The first kappa shape index (κ1) is 22.4. The lowest BCUT2D eigenvalue weighted by molar-refractivity contribution is -0.124. The first-order valence-electron chi connectivity index (χ1n) is 10.5. The molecule has 1 N–H and O–H groups in total. The average Bonchev–Trinajstić information content (AvgIpc) is 3.26. The highest BCUT2D eigenvalue weighted by molar-refractivity contribution is 8.02. The molecule has 2 aliphatic heterocycles. The van der Waals surface area contributed by atoms with Crippen molar-refractivity contribution in [1.82, 2.24) is 0 Å². The van der Waals surface area contributed by atoms with Crippen molar-refractivity contribution >= 4 is 58.1 Å². The molecule has 3 aromatic carbocycles. The summed E-state index contributed by atoms with van der Waals surface area (Å²) in [4.78, 5) is 41.4. The normalized spacial score (nSPS) is 19.1. The van der Waals surface area contributed by atoms with Crippen LogP contribution >= 0.6 is 23.4 Å². The smallest absolute Gasteiger partial charge is 0.269 e. The Morgan fingerprint density at radius 1 is 1.12 bits per heavy atom. The molecule has 0 bridgehead atoms. The fraction of sp³-hybridized carbons (Fsp3) is 0.160. The number of hydrogen-bond acceptors (Lipinski definition) is 4. The van der Waals surface area contributed by atoms with Crippen LogP contribution in [0.1, 0.15) is 11.1 Å². The minimum absolute atomic E-state index is 0.0824. The Bertz CT molecular complexity index is 1330. The van der Waals surface area contributed by atoms with E-state index in [4.69, 9.17) is 11.6 Å². The van der Waals surface area contributed by atoms with Crippen molar-refractivity contribution in [2.75, 3.05) is 27.4 Å². The number of benzene rings is 3. The van der Waals surface area contributed by atoms with Crippen molar-refractivity contribution in [1.29, 1.82) is 0 Å². The van der Waals surface area contributed by atoms with Crippen molar-refractivity contribution in [3.63, 3.8) is 0 Å². The summed E-state index contributed by atoms with van der Waals surface area (Å²) in [5.74, 6) is -1.41. The number of nitrogens with one attached hydrogen (secondary N) is 1. The number of rotatable bonds is 4. The second kappa shape index (κ2) is 8.45. The van der Waals surface area contributed by atoms with Crippen LogP contribution in [0.25, 0.3) is 0 Å². The summed E-state index contributed by atoms with van der Waals surface area (Å²) in [6.45, 7) is 1.62. The lowest BCUT2D eigenvalue weighted by Gasteiger charge is -2.33. The maximum absolute atomic E-state index is 14.0. The molecule has 0 aliphatic carbocycles. The van der Waals surface area contributed by atoms with Crippen molar-refractivity contribution in [2.45, 2.75) is 11.8 Å². The van der Waals surface area contributed by atoms with Gasteiger partial charge in [-0.15, -0.1) is 11.8 Å². The Morgan fingerprint density at radius 3 is 2.59 bits per heavy atom. The molecule has 1 atom stereocenters. The number of carbonyl (C=O) groups is 3. The van der Waals surface area contributed by atoms with Gasteiger partial charge in [-0.3, -0.25) is 24.2 Å². The molecule has 34 heavy (non-hydrogen) atoms. The zero-order chi connectivity index (χ0) is 24.0. The van der Waals surface area contributed by atoms with Gasteiger partial charge >= 0.3 is 0 Å². The van der Waals surface area contributed by atoms with Gasteiger partial charge in [0.2, 0.25) is 16.7 Å². The number of thioether (sulfide) groups is 1. The highest BCUT2D eigenvalue weighted by Gasteiger charge is 2.61. The minimum atomic E-state index is -1.37. The van der Waals surface area contributed by atoms with Gasteiger partial charge in [0.05, 0.1) is 11.4 Å². The maximum atomic E-state index is 14.0. The Morgan fingerprint density at radius 2 is 1.85 bits per heavy atom. The van der Waals surface area contributed by atoms with Gasteiger partial charge in [0.25, 0.3) is 5.91 Å². The van der Waals surface area contributed by atoms with Crippen LogP contribution in [0, 0.1) is 12.7 Å². The zero-order valence-corrected chi connectivity index (χ0v) is 19.6. The van der Waals surface area contributed by atoms with Gasteiger partial charge in [0.15, 0.2) is 0 Å². The molecule has 1 unspecified atom stereocenters. The first-order valence-corrected chi connectivity index (χ1v) is 11.9. The number of fused-ring (bicyclic) bond motifs is 2. The molecule has 3 amide bonds. The summed E-state index contributed by atoms with van der Waals surface area (Å²) in [6.07, 6.45) is 0. The Kier molecular flexibility index (Phi) is 5.58. The minimum Gasteiger partial charge on any atom is -0.324 e. The standard InChI is InChI=1S/C25H19ClFN3O3S/c1-15-4-2-7-20-23(15)29(13-21(31)28-18-6-3-5-16(26)12-18)24(33)25(20)30(22(32)14-34-25)19-10-8-17(27)9-11-19/h2-12H,13-14H2,1H3,(H,28,31). The van der Waals surface area contributed by atoms with E-state index < -0.39 is 22.5 Å². The predicted octanol–water partition coefficient (Wildman–Crippen LogP) is 4.71. The molecule has 2 aliphatic rings. The molecule has 6 nitrogen and oxygen atoms in total. The lowest BCUT2D eigenvalue weighted by atomic mass is 10.0. The monoisotopic (exact) mass is 495 g/mol. The van der Waals surface area contributed by atoms with E-state index in [2.05, 4.69) is 5.32 Å². The van der Waals surface area contributed by atoms with E-state index in [1.165, 1.54) is 45.8 Å². The van der Waals surface area contributed by atoms with Gasteiger partial charge in [0.1, 0.15) is 12.4 Å². The highest BCUT2D eigenvalue weighted by Crippen LogP contribution is 2.56. The third-order valence-electron chi connectivity index (χ3n) is 5.87. The fourth-order valence-corrected chi connectivity index (χ4v) is 6.04. The SMILES string of the molecule is Cc1cccc2c1N(CC(=O)Nc1cccc(Cl)c1)C(=O)C21SCC(=O)N1c1ccc(F)cc1. The van der Waals surface area contributed by atoms with E-state index in [9.17, 15) is 18.8 Å². The van der Waals surface area contributed by atoms with Crippen molar-refractivity contribution in [2.24, 2.45) is 0 Å². The Balaban J connectivity index is 1.55. The average molecular weight is 496 g/mol. The van der Waals surface area contributed by atoms with E-state index in [1.807, 2.05) is 19.1 Å². The van der Waals surface area contributed by atoms with Gasteiger partial charge in [0, 0.05) is 22.0 Å². The second-order valence-electron chi connectivity index (χ2n) is 8.06. The van der Waals surface area contributed by atoms with Crippen LogP contribution in [-0.2, 0) is 19.3 Å². The van der Waals surface area contributed by atoms with Crippen molar-refractivity contribution in [3.8, 4) is 0 Å². The van der Waals surface area contributed by atoms with Gasteiger partial charge in [-0.2, -0.15) is 0 Å². The largest absolute Gasteiger partial charge is 0.324 e. The summed E-state index contributed by atoms with van der Waals surface area (Å²) in [7, 11) is 0. The molecule has 1 saturated heterocycles. The zero-order valence-electron chi connectivity index (χ0n) is 18.0. The molecule has 0 aromatic heterocycles. The number of nitrogens with zero attached hydrogens (tertiary/aromatic N) is 2. The first-order chi connectivity index (χ1) is 16.3. The molecular weight excluding hydrogens is 477 g/mol. The van der Waals surface area contributed by atoms with Crippen molar-refractivity contribution in [3.05, 3.63) is 88.7 Å². The molecule has 3 aromatic rings. The van der Waals surface area contributed by atoms with Crippen LogP contribution in [0.4, 0.5) is 21.5 Å². The molecule has 0 saturated carbocycles. The van der Waals surface area contributed by atoms with Crippen molar-refractivity contribution < 1.29 is 18.8 Å². The number of para-hydroxylation sites is 1. The van der Waals surface area contributed by atoms with Crippen LogP contribution in [-0.4, -0.2) is 30.0 Å². The molecule has 5 rings (SSSR count). The maximum Gasteiger partial charge on any atom is 0.269 e. The van der Waals surface area contributed by atoms with Gasteiger partial charge < -0.3 is 5.32 Å². The van der Waals surface area contributed by atoms with E-state index in [0.717, 1.165) is 5.56 Å². The van der Waals surface area contributed by atoms with Crippen LogP contribution in [0.15, 0.2) is 66.7 Å². The Labute approximate surface area is 204 Å². The summed E-state index contributed by atoms with van der Waals surface area (Å²) in [6, 6.07) is 17.7. The van der Waals surface area contributed by atoms with Gasteiger partial charge in [-0.25, -0.2) is 4.39 Å². The third kappa shape index (κ3) is 3.54. The summed E-state index contributed by atoms with van der Waals surface area (Å²) in [5, 5.41) is 3.25. The number of anilines is 3.